The van der Waals surface area contributed by atoms with Gasteiger partial charge < -0.3 is 15.1 Å². The number of benzene rings is 1. The summed E-state index contributed by atoms with van der Waals surface area (Å²) in [5, 5.41) is 3.53. The molecular weight excluding hydrogens is 258 g/mol. The summed E-state index contributed by atoms with van der Waals surface area (Å²) in [5.41, 5.74) is 4.25. The molecule has 0 saturated carbocycles. The highest BCUT2D eigenvalue weighted by atomic mass is 15.2. The number of nitrogens with zero attached hydrogens (tertiary/aromatic N) is 2. The van der Waals surface area contributed by atoms with Crippen molar-refractivity contribution in [3.63, 3.8) is 0 Å². The second-order valence-corrected chi connectivity index (χ2v) is 6.82. The van der Waals surface area contributed by atoms with E-state index in [1.165, 1.54) is 23.2 Å². The highest BCUT2D eigenvalue weighted by molar-refractivity contribution is 5.56. The third kappa shape index (κ3) is 4.21. The predicted octanol–water partition coefficient (Wildman–Crippen LogP) is 3.05. The van der Waals surface area contributed by atoms with E-state index < -0.39 is 0 Å². The fourth-order valence-corrected chi connectivity index (χ4v) is 3.16. The van der Waals surface area contributed by atoms with Crippen LogP contribution in [0.15, 0.2) is 18.2 Å². The minimum absolute atomic E-state index is 0.444. The van der Waals surface area contributed by atoms with Crippen molar-refractivity contribution in [2.75, 3.05) is 45.2 Å². The summed E-state index contributed by atoms with van der Waals surface area (Å²) in [6.07, 6.45) is 1.18. The van der Waals surface area contributed by atoms with Crippen LogP contribution in [0.25, 0.3) is 0 Å². The van der Waals surface area contributed by atoms with Gasteiger partial charge in [-0.2, -0.15) is 0 Å². The van der Waals surface area contributed by atoms with Crippen LogP contribution in [0.4, 0.5) is 5.69 Å². The van der Waals surface area contributed by atoms with Gasteiger partial charge in [0.15, 0.2) is 0 Å². The van der Waals surface area contributed by atoms with Crippen LogP contribution in [0, 0.1) is 12.8 Å². The van der Waals surface area contributed by atoms with Crippen molar-refractivity contribution < 1.29 is 0 Å². The van der Waals surface area contributed by atoms with Crippen molar-refractivity contribution in [2.24, 2.45) is 5.92 Å². The maximum absolute atomic E-state index is 3.53. The fourth-order valence-electron chi connectivity index (χ4n) is 3.16. The summed E-state index contributed by atoms with van der Waals surface area (Å²) < 4.78 is 0. The van der Waals surface area contributed by atoms with Gasteiger partial charge in [-0.3, -0.25) is 0 Å². The summed E-state index contributed by atoms with van der Waals surface area (Å²) >= 11 is 0. The minimum atomic E-state index is 0.444. The van der Waals surface area contributed by atoms with Crippen molar-refractivity contribution in [3.05, 3.63) is 29.3 Å². The highest BCUT2D eigenvalue weighted by Gasteiger charge is 2.21. The van der Waals surface area contributed by atoms with Gasteiger partial charge in [0, 0.05) is 37.9 Å². The molecule has 0 radical (unpaired) electrons. The van der Waals surface area contributed by atoms with Gasteiger partial charge in [-0.1, -0.05) is 31.5 Å². The summed E-state index contributed by atoms with van der Waals surface area (Å²) in [6.45, 7) is 11.4. The van der Waals surface area contributed by atoms with Gasteiger partial charge in [-0.05, 0) is 45.0 Å². The molecule has 3 heteroatoms. The molecule has 0 bridgehead atoms. The molecular formula is C18H31N3. The Kier molecular flexibility index (Phi) is 5.65. The van der Waals surface area contributed by atoms with Crippen LogP contribution in [0.3, 0.4) is 0 Å². The van der Waals surface area contributed by atoms with Crippen LogP contribution in [-0.2, 0) is 0 Å². The van der Waals surface area contributed by atoms with Gasteiger partial charge in [0.1, 0.15) is 0 Å². The Morgan fingerprint density at radius 2 is 1.81 bits per heavy atom. The molecule has 1 atom stereocenters. The standard InChI is InChI=1S/C18H31N3/c1-14(2)12-17(19-4)16-13-15(3)6-7-18(16)21-10-8-20(5)9-11-21/h6-7,13-14,17,19H,8-12H2,1-5H3. The highest BCUT2D eigenvalue weighted by Crippen LogP contribution is 2.31. The Hall–Kier alpha value is -1.06. The van der Waals surface area contributed by atoms with Crippen LogP contribution in [0.2, 0.25) is 0 Å². The second kappa shape index (κ2) is 7.28. The van der Waals surface area contributed by atoms with Crippen molar-refractivity contribution in [1.29, 1.82) is 0 Å². The number of anilines is 1. The lowest BCUT2D eigenvalue weighted by Gasteiger charge is -2.36. The summed E-state index contributed by atoms with van der Waals surface area (Å²) in [6, 6.07) is 7.39. The van der Waals surface area contributed by atoms with Gasteiger partial charge in [0.25, 0.3) is 0 Å². The number of likely N-dealkylation sites (N-methyl/N-ethyl adjacent to an activating group) is 1. The first-order valence-electron chi connectivity index (χ1n) is 8.22. The lowest BCUT2D eigenvalue weighted by atomic mass is 9.94. The smallest absolute Gasteiger partial charge is 0.0415 e. The third-order valence-electron chi connectivity index (χ3n) is 4.46. The fraction of sp³-hybridized carbons (Fsp3) is 0.667. The summed E-state index contributed by atoms with van der Waals surface area (Å²) in [5.74, 6) is 0.698. The van der Waals surface area contributed by atoms with Crippen molar-refractivity contribution >= 4 is 5.69 Å². The van der Waals surface area contributed by atoms with E-state index in [2.05, 4.69) is 68.2 Å². The second-order valence-electron chi connectivity index (χ2n) is 6.82. The van der Waals surface area contributed by atoms with Gasteiger partial charge >= 0.3 is 0 Å². The third-order valence-corrected chi connectivity index (χ3v) is 4.46. The average Bonchev–Trinajstić information content (AvgIpc) is 2.45. The van der Waals surface area contributed by atoms with E-state index in [9.17, 15) is 0 Å². The van der Waals surface area contributed by atoms with Gasteiger partial charge in [-0.15, -0.1) is 0 Å². The number of rotatable bonds is 5. The Labute approximate surface area is 130 Å². The van der Waals surface area contributed by atoms with E-state index in [1.54, 1.807) is 0 Å². The molecule has 1 N–H and O–H groups in total. The molecule has 21 heavy (non-hydrogen) atoms. The molecule has 2 rings (SSSR count). The van der Waals surface area contributed by atoms with Crippen LogP contribution in [-0.4, -0.2) is 45.2 Å². The summed E-state index contributed by atoms with van der Waals surface area (Å²) in [4.78, 5) is 4.97. The van der Waals surface area contributed by atoms with E-state index in [0.717, 1.165) is 26.2 Å². The topological polar surface area (TPSA) is 18.5 Å². The molecule has 3 nitrogen and oxygen atoms in total. The van der Waals surface area contributed by atoms with Crippen molar-refractivity contribution in [3.8, 4) is 0 Å². The van der Waals surface area contributed by atoms with Gasteiger partial charge in [-0.25, -0.2) is 0 Å². The lowest BCUT2D eigenvalue weighted by Crippen LogP contribution is -2.45. The monoisotopic (exact) mass is 289 g/mol. The first-order valence-corrected chi connectivity index (χ1v) is 8.22. The van der Waals surface area contributed by atoms with E-state index in [-0.39, 0.29) is 0 Å². The molecule has 1 aliphatic rings. The maximum Gasteiger partial charge on any atom is 0.0415 e. The van der Waals surface area contributed by atoms with E-state index >= 15 is 0 Å². The molecule has 1 aromatic rings. The van der Waals surface area contributed by atoms with Crippen LogP contribution in [0.5, 0.6) is 0 Å². The quantitative estimate of drug-likeness (QED) is 0.899. The largest absolute Gasteiger partial charge is 0.369 e. The molecule has 0 aliphatic carbocycles. The zero-order valence-electron chi connectivity index (χ0n) is 14.3. The van der Waals surface area contributed by atoms with Crippen molar-refractivity contribution in [1.82, 2.24) is 10.2 Å². The van der Waals surface area contributed by atoms with Crippen LogP contribution >= 0.6 is 0 Å². The maximum atomic E-state index is 3.53. The summed E-state index contributed by atoms with van der Waals surface area (Å²) in [7, 11) is 4.30. The van der Waals surface area contributed by atoms with Crippen molar-refractivity contribution in [2.45, 2.75) is 33.2 Å². The molecule has 1 aromatic carbocycles. The van der Waals surface area contributed by atoms with Crippen LogP contribution < -0.4 is 10.2 Å². The predicted molar refractivity (Wildman–Crippen MR) is 92.1 cm³/mol. The normalized spacial score (nSPS) is 18.3. The Bertz CT molecular complexity index is 448. The Morgan fingerprint density at radius 3 is 2.38 bits per heavy atom. The van der Waals surface area contributed by atoms with E-state index in [0.29, 0.717) is 12.0 Å². The number of hydrogen-bond acceptors (Lipinski definition) is 3. The molecule has 1 saturated heterocycles. The van der Waals surface area contributed by atoms with E-state index in [1.807, 2.05) is 0 Å². The molecule has 0 spiro atoms. The van der Waals surface area contributed by atoms with E-state index in [4.69, 9.17) is 0 Å². The van der Waals surface area contributed by atoms with Crippen LogP contribution in [0.1, 0.15) is 37.4 Å². The molecule has 1 aliphatic heterocycles. The van der Waals surface area contributed by atoms with Gasteiger partial charge in [0.05, 0.1) is 0 Å². The zero-order chi connectivity index (χ0) is 15.4. The Balaban J connectivity index is 2.28. The molecule has 1 heterocycles. The number of aryl methyl sites for hydroxylation is 1. The molecule has 1 unspecified atom stereocenters. The molecule has 0 amide bonds. The first kappa shape index (κ1) is 16.3. The molecule has 1 fully saturated rings. The molecule has 0 aromatic heterocycles. The number of nitrogens with one attached hydrogen (secondary N) is 1. The SMILES string of the molecule is CNC(CC(C)C)c1cc(C)ccc1N1CCN(C)CC1. The minimum Gasteiger partial charge on any atom is -0.369 e. The number of piperazine rings is 1. The first-order chi connectivity index (χ1) is 10.0. The lowest BCUT2D eigenvalue weighted by molar-refractivity contribution is 0.312. The molecule has 118 valence electrons. The number of hydrogen-bond donors (Lipinski definition) is 1. The average molecular weight is 289 g/mol. The van der Waals surface area contributed by atoms with Gasteiger partial charge in [0.2, 0.25) is 0 Å². The Morgan fingerprint density at radius 1 is 1.14 bits per heavy atom. The zero-order valence-corrected chi connectivity index (χ0v) is 14.3.